The van der Waals surface area contributed by atoms with Gasteiger partial charge in [0.05, 0.1) is 5.02 Å². The van der Waals surface area contributed by atoms with Crippen molar-refractivity contribution in [3.63, 3.8) is 0 Å². The van der Waals surface area contributed by atoms with Crippen LogP contribution < -0.4 is 10.2 Å². The zero-order valence-electron chi connectivity index (χ0n) is 9.26. The zero-order valence-corrected chi connectivity index (χ0v) is 10.8. The highest BCUT2D eigenvalue weighted by molar-refractivity contribution is 6.34. The quantitative estimate of drug-likeness (QED) is 0.849. The van der Waals surface area contributed by atoms with Crippen LogP contribution in [-0.4, -0.2) is 25.3 Å². The summed E-state index contributed by atoms with van der Waals surface area (Å²) in [5, 5.41) is 0.557. The normalized spacial score (nSPS) is 11.2. The van der Waals surface area contributed by atoms with Gasteiger partial charge in [0, 0.05) is 11.1 Å². The van der Waals surface area contributed by atoms with Gasteiger partial charge in [-0.3, -0.25) is 9.63 Å². The Kier molecular flexibility index (Phi) is 5.71. The maximum absolute atomic E-state index is 11.7. The van der Waals surface area contributed by atoms with E-state index in [0.29, 0.717) is 5.02 Å². The molecule has 9 heteroatoms. The van der Waals surface area contributed by atoms with E-state index in [2.05, 4.69) is 4.84 Å². The first-order chi connectivity index (χ1) is 8.78. The van der Waals surface area contributed by atoms with Crippen molar-refractivity contribution in [2.75, 3.05) is 13.2 Å². The molecule has 0 radical (unpaired) electrons. The summed E-state index contributed by atoms with van der Waals surface area (Å²) < 4.78 is 40.1. The van der Waals surface area contributed by atoms with Crippen LogP contribution >= 0.6 is 23.2 Å². The largest absolute Gasteiger partial charge is 0.482 e. The fraction of sp³-hybridized carbons (Fsp3) is 0.300. The van der Waals surface area contributed by atoms with E-state index in [-0.39, 0.29) is 10.8 Å². The number of benzene rings is 1. The third-order valence-electron chi connectivity index (χ3n) is 1.67. The average molecular weight is 318 g/mol. The summed E-state index contributed by atoms with van der Waals surface area (Å²) in [7, 11) is 0. The number of halogens is 5. The van der Waals surface area contributed by atoms with Gasteiger partial charge in [0.15, 0.2) is 13.2 Å². The Labute approximate surface area is 116 Å². The van der Waals surface area contributed by atoms with Gasteiger partial charge in [-0.2, -0.15) is 13.2 Å². The van der Waals surface area contributed by atoms with Crippen molar-refractivity contribution in [1.82, 2.24) is 5.48 Å². The molecule has 0 aliphatic rings. The molecule has 0 bridgehead atoms. The molecule has 0 aromatic heterocycles. The second-order valence-electron chi connectivity index (χ2n) is 3.29. The van der Waals surface area contributed by atoms with Crippen molar-refractivity contribution < 1.29 is 27.5 Å². The summed E-state index contributed by atoms with van der Waals surface area (Å²) in [6, 6.07) is 4.34. The number of hydrogen-bond donors (Lipinski definition) is 1. The molecular weight excluding hydrogens is 310 g/mol. The number of amides is 1. The minimum Gasteiger partial charge on any atom is -0.482 e. The molecule has 0 aliphatic carbocycles. The monoisotopic (exact) mass is 317 g/mol. The van der Waals surface area contributed by atoms with Crippen LogP contribution in [0.25, 0.3) is 0 Å². The van der Waals surface area contributed by atoms with Gasteiger partial charge in [0.1, 0.15) is 5.75 Å². The van der Waals surface area contributed by atoms with E-state index < -0.39 is 25.3 Å². The third-order valence-corrected chi connectivity index (χ3v) is 2.22. The molecule has 0 fully saturated rings. The van der Waals surface area contributed by atoms with Crippen LogP contribution in [0.3, 0.4) is 0 Å². The number of hydrogen-bond acceptors (Lipinski definition) is 3. The first-order valence-corrected chi connectivity index (χ1v) is 5.59. The molecule has 1 amide bonds. The summed E-state index contributed by atoms with van der Waals surface area (Å²) in [5.74, 6) is -0.750. The fourth-order valence-electron chi connectivity index (χ4n) is 0.959. The summed E-state index contributed by atoms with van der Waals surface area (Å²) >= 11 is 11.4. The van der Waals surface area contributed by atoms with E-state index >= 15 is 0 Å². The zero-order chi connectivity index (χ0) is 14.5. The van der Waals surface area contributed by atoms with Crippen LogP contribution in [0, 0.1) is 0 Å². The molecule has 106 valence electrons. The van der Waals surface area contributed by atoms with Gasteiger partial charge in [0.25, 0.3) is 5.91 Å². The number of hydroxylamine groups is 1. The Hall–Kier alpha value is -1.18. The SMILES string of the molecule is O=C(COc1cc(Cl)ccc1Cl)NOCC(F)(F)F. The van der Waals surface area contributed by atoms with Gasteiger partial charge >= 0.3 is 6.18 Å². The Morgan fingerprint density at radius 3 is 2.63 bits per heavy atom. The lowest BCUT2D eigenvalue weighted by Gasteiger charge is -2.10. The van der Waals surface area contributed by atoms with Crippen molar-refractivity contribution >= 4 is 29.1 Å². The Bertz CT molecular complexity index is 454. The first-order valence-electron chi connectivity index (χ1n) is 4.83. The van der Waals surface area contributed by atoms with Gasteiger partial charge in [0.2, 0.25) is 0 Å². The molecule has 1 aromatic carbocycles. The predicted octanol–water partition coefficient (Wildman–Crippen LogP) is 2.98. The molecule has 19 heavy (non-hydrogen) atoms. The van der Waals surface area contributed by atoms with Crippen molar-refractivity contribution in [2.45, 2.75) is 6.18 Å². The summed E-state index contributed by atoms with van der Waals surface area (Å²) in [4.78, 5) is 15.0. The van der Waals surface area contributed by atoms with Crippen LogP contribution in [0.1, 0.15) is 0 Å². The molecule has 0 saturated carbocycles. The topological polar surface area (TPSA) is 47.6 Å². The van der Waals surface area contributed by atoms with Gasteiger partial charge in [-0.25, -0.2) is 5.48 Å². The van der Waals surface area contributed by atoms with Crippen LogP contribution in [0.15, 0.2) is 18.2 Å². The highest BCUT2D eigenvalue weighted by Gasteiger charge is 2.28. The lowest BCUT2D eigenvalue weighted by Crippen LogP contribution is -2.32. The predicted molar refractivity (Wildman–Crippen MR) is 62.1 cm³/mol. The molecule has 0 atom stereocenters. The van der Waals surface area contributed by atoms with Crippen molar-refractivity contribution in [3.8, 4) is 5.75 Å². The van der Waals surface area contributed by atoms with Crippen molar-refractivity contribution in [2.24, 2.45) is 0 Å². The lowest BCUT2D eigenvalue weighted by molar-refractivity contribution is -0.192. The third kappa shape index (κ3) is 6.51. The summed E-state index contributed by atoms with van der Waals surface area (Å²) in [6.45, 7) is -2.14. The molecule has 1 rings (SSSR count). The molecule has 0 spiro atoms. The fourth-order valence-corrected chi connectivity index (χ4v) is 1.29. The van der Waals surface area contributed by atoms with Crippen LogP contribution in [-0.2, 0) is 9.63 Å². The van der Waals surface area contributed by atoms with E-state index in [1.807, 2.05) is 0 Å². The highest BCUT2D eigenvalue weighted by Crippen LogP contribution is 2.27. The van der Waals surface area contributed by atoms with E-state index in [1.54, 1.807) is 5.48 Å². The maximum atomic E-state index is 11.7. The summed E-state index contributed by atoms with van der Waals surface area (Å²) in [5.41, 5.74) is 1.58. The first kappa shape index (κ1) is 15.9. The number of alkyl halides is 3. The van der Waals surface area contributed by atoms with Crippen LogP contribution in [0.4, 0.5) is 13.2 Å². The second-order valence-corrected chi connectivity index (χ2v) is 4.14. The number of nitrogens with one attached hydrogen (secondary N) is 1. The standard InChI is InChI=1S/C10H8Cl2F3NO3/c11-6-1-2-7(12)8(3-6)18-4-9(17)16-19-5-10(13,14)15/h1-3H,4-5H2,(H,16,17). The minimum atomic E-state index is -4.52. The minimum absolute atomic E-state index is 0.139. The van der Waals surface area contributed by atoms with Gasteiger partial charge in [-0.15, -0.1) is 0 Å². The van der Waals surface area contributed by atoms with E-state index in [0.717, 1.165) is 0 Å². The van der Waals surface area contributed by atoms with E-state index in [9.17, 15) is 18.0 Å². The van der Waals surface area contributed by atoms with Crippen molar-refractivity contribution in [3.05, 3.63) is 28.2 Å². The Morgan fingerprint density at radius 1 is 1.32 bits per heavy atom. The number of carbonyl (C=O) groups excluding carboxylic acids is 1. The molecular formula is C10H8Cl2F3NO3. The molecule has 1 N–H and O–H groups in total. The lowest BCUT2D eigenvalue weighted by atomic mass is 10.3. The molecule has 0 aliphatic heterocycles. The van der Waals surface area contributed by atoms with Gasteiger partial charge in [-0.05, 0) is 12.1 Å². The number of carbonyl (C=O) groups is 1. The van der Waals surface area contributed by atoms with E-state index in [1.165, 1.54) is 18.2 Å². The molecule has 4 nitrogen and oxygen atoms in total. The Morgan fingerprint density at radius 2 is 2.00 bits per heavy atom. The highest BCUT2D eigenvalue weighted by atomic mass is 35.5. The second kappa shape index (κ2) is 6.83. The maximum Gasteiger partial charge on any atom is 0.414 e. The summed E-state index contributed by atoms with van der Waals surface area (Å²) in [6.07, 6.45) is -4.52. The smallest absolute Gasteiger partial charge is 0.414 e. The van der Waals surface area contributed by atoms with Crippen molar-refractivity contribution in [1.29, 1.82) is 0 Å². The number of ether oxygens (including phenoxy) is 1. The van der Waals surface area contributed by atoms with Gasteiger partial charge < -0.3 is 4.74 Å². The number of rotatable bonds is 5. The molecule has 0 saturated heterocycles. The molecule has 0 heterocycles. The van der Waals surface area contributed by atoms with Crippen LogP contribution in [0.5, 0.6) is 5.75 Å². The average Bonchev–Trinajstić information content (AvgIpc) is 2.28. The van der Waals surface area contributed by atoms with Crippen LogP contribution in [0.2, 0.25) is 10.0 Å². The van der Waals surface area contributed by atoms with E-state index in [4.69, 9.17) is 27.9 Å². The molecule has 0 unspecified atom stereocenters. The molecule has 1 aromatic rings. The van der Waals surface area contributed by atoms with Gasteiger partial charge in [-0.1, -0.05) is 23.2 Å². The Balaban J connectivity index is 2.36.